The van der Waals surface area contributed by atoms with Crippen molar-refractivity contribution in [3.63, 3.8) is 0 Å². The minimum absolute atomic E-state index is 0.0440. The van der Waals surface area contributed by atoms with Crippen LogP contribution in [0.5, 0.6) is 17.2 Å². The zero-order valence-corrected chi connectivity index (χ0v) is 10.1. The SMILES string of the molecule is COc1cc([C@@H]2CNCCN2)cc(OC)c1O. The first-order valence-corrected chi connectivity index (χ1v) is 5.65. The van der Waals surface area contributed by atoms with E-state index in [9.17, 15) is 5.11 Å². The molecule has 94 valence electrons. The van der Waals surface area contributed by atoms with E-state index in [1.54, 1.807) is 0 Å². The molecule has 17 heavy (non-hydrogen) atoms. The highest BCUT2D eigenvalue weighted by molar-refractivity contribution is 5.53. The molecule has 1 aromatic carbocycles. The minimum Gasteiger partial charge on any atom is -0.502 e. The molecule has 0 radical (unpaired) electrons. The molecule has 5 nitrogen and oxygen atoms in total. The van der Waals surface area contributed by atoms with Crippen LogP contribution in [0.1, 0.15) is 11.6 Å². The summed E-state index contributed by atoms with van der Waals surface area (Å²) < 4.78 is 10.3. The first kappa shape index (κ1) is 12.0. The topological polar surface area (TPSA) is 62.8 Å². The number of nitrogens with one attached hydrogen (secondary N) is 2. The molecule has 2 rings (SSSR count). The number of methoxy groups -OCH3 is 2. The van der Waals surface area contributed by atoms with E-state index >= 15 is 0 Å². The van der Waals surface area contributed by atoms with Gasteiger partial charge in [-0.15, -0.1) is 0 Å². The lowest BCUT2D eigenvalue weighted by Gasteiger charge is -2.25. The molecule has 1 fully saturated rings. The molecule has 0 aromatic heterocycles. The Morgan fingerprint density at radius 1 is 1.18 bits per heavy atom. The maximum atomic E-state index is 9.83. The Kier molecular flexibility index (Phi) is 3.71. The first-order valence-electron chi connectivity index (χ1n) is 5.65. The number of ether oxygens (including phenoxy) is 2. The van der Waals surface area contributed by atoms with Gasteiger partial charge in [0, 0.05) is 25.7 Å². The van der Waals surface area contributed by atoms with E-state index in [0.29, 0.717) is 11.5 Å². The Labute approximate surface area is 101 Å². The van der Waals surface area contributed by atoms with E-state index in [4.69, 9.17) is 9.47 Å². The second-order valence-corrected chi connectivity index (χ2v) is 3.98. The molecule has 3 N–H and O–H groups in total. The van der Waals surface area contributed by atoms with Crippen molar-refractivity contribution in [2.45, 2.75) is 6.04 Å². The van der Waals surface area contributed by atoms with Crippen LogP contribution >= 0.6 is 0 Å². The summed E-state index contributed by atoms with van der Waals surface area (Å²) in [6, 6.07) is 3.89. The normalized spacial score (nSPS) is 20.0. The number of phenolic OH excluding ortho intramolecular Hbond substituents is 1. The van der Waals surface area contributed by atoms with Crippen molar-refractivity contribution in [2.24, 2.45) is 0 Å². The Balaban J connectivity index is 2.33. The van der Waals surface area contributed by atoms with Gasteiger partial charge in [0.25, 0.3) is 0 Å². The van der Waals surface area contributed by atoms with Gasteiger partial charge < -0.3 is 25.2 Å². The van der Waals surface area contributed by atoms with Gasteiger partial charge >= 0.3 is 0 Å². The van der Waals surface area contributed by atoms with Crippen LogP contribution in [0.4, 0.5) is 0 Å². The molecule has 1 aromatic rings. The van der Waals surface area contributed by atoms with Crippen molar-refractivity contribution < 1.29 is 14.6 Å². The summed E-state index contributed by atoms with van der Waals surface area (Å²) in [5.41, 5.74) is 1.05. The number of benzene rings is 1. The number of phenols is 1. The lowest BCUT2D eigenvalue weighted by molar-refractivity contribution is 0.336. The fourth-order valence-corrected chi connectivity index (χ4v) is 2.00. The zero-order chi connectivity index (χ0) is 12.3. The van der Waals surface area contributed by atoms with E-state index in [0.717, 1.165) is 25.2 Å². The molecule has 1 saturated heterocycles. The maximum Gasteiger partial charge on any atom is 0.200 e. The highest BCUT2D eigenvalue weighted by atomic mass is 16.5. The quantitative estimate of drug-likeness (QED) is 0.721. The zero-order valence-electron chi connectivity index (χ0n) is 10.1. The molecule has 1 aliphatic rings. The van der Waals surface area contributed by atoms with E-state index in [-0.39, 0.29) is 11.8 Å². The monoisotopic (exact) mass is 238 g/mol. The predicted molar refractivity (Wildman–Crippen MR) is 64.8 cm³/mol. The van der Waals surface area contributed by atoms with Crippen LogP contribution in [0.15, 0.2) is 12.1 Å². The van der Waals surface area contributed by atoms with Crippen molar-refractivity contribution in [3.8, 4) is 17.2 Å². The molecular formula is C12H18N2O3. The largest absolute Gasteiger partial charge is 0.502 e. The smallest absolute Gasteiger partial charge is 0.200 e. The highest BCUT2D eigenvalue weighted by Crippen LogP contribution is 2.38. The average Bonchev–Trinajstić information content (AvgIpc) is 2.40. The van der Waals surface area contributed by atoms with Crippen LogP contribution in [0.25, 0.3) is 0 Å². The van der Waals surface area contributed by atoms with Crippen molar-refractivity contribution in [1.82, 2.24) is 10.6 Å². The maximum absolute atomic E-state index is 9.83. The molecule has 0 spiro atoms. The summed E-state index contributed by atoms with van der Waals surface area (Å²) in [6.45, 7) is 2.76. The fourth-order valence-electron chi connectivity index (χ4n) is 2.00. The van der Waals surface area contributed by atoms with Crippen molar-refractivity contribution in [2.75, 3.05) is 33.9 Å². The van der Waals surface area contributed by atoms with Crippen molar-refractivity contribution in [3.05, 3.63) is 17.7 Å². The summed E-state index contributed by atoms with van der Waals surface area (Å²) in [5.74, 6) is 0.918. The number of aromatic hydroxyl groups is 1. The summed E-state index contributed by atoms with van der Waals surface area (Å²) in [5, 5.41) is 16.5. The van der Waals surface area contributed by atoms with Gasteiger partial charge in [0.1, 0.15) is 0 Å². The summed E-state index contributed by atoms with van der Waals surface area (Å²) in [6.07, 6.45) is 0. The van der Waals surface area contributed by atoms with Gasteiger partial charge in [-0.05, 0) is 17.7 Å². The van der Waals surface area contributed by atoms with Gasteiger partial charge in [0.15, 0.2) is 11.5 Å². The number of rotatable bonds is 3. The third-order valence-electron chi connectivity index (χ3n) is 2.95. The molecule has 1 heterocycles. The number of piperazine rings is 1. The fraction of sp³-hybridized carbons (Fsp3) is 0.500. The minimum atomic E-state index is 0.0440. The lowest BCUT2D eigenvalue weighted by atomic mass is 10.0. The molecule has 0 saturated carbocycles. The number of hydrogen-bond donors (Lipinski definition) is 3. The second kappa shape index (κ2) is 5.25. The Hall–Kier alpha value is -1.46. The molecule has 0 unspecified atom stereocenters. The van der Waals surface area contributed by atoms with Crippen LogP contribution in [-0.2, 0) is 0 Å². The third kappa shape index (κ3) is 2.45. The van der Waals surface area contributed by atoms with Crippen LogP contribution < -0.4 is 20.1 Å². The standard InChI is InChI=1S/C12H18N2O3/c1-16-10-5-8(6-11(17-2)12(10)15)9-7-13-3-4-14-9/h5-6,9,13-15H,3-4,7H2,1-2H3/t9-/m0/s1. The van der Waals surface area contributed by atoms with Gasteiger partial charge in [0.2, 0.25) is 5.75 Å². The predicted octanol–water partition coefficient (Wildman–Crippen LogP) is 0.643. The van der Waals surface area contributed by atoms with E-state index in [1.807, 2.05) is 12.1 Å². The van der Waals surface area contributed by atoms with Gasteiger partial charge in [-0.3, -0.25) is 0 Å². The number of hydrogen-bond acceptors (Lipinski definition) is 5. The Morgan fingerprint density at radius 3 is 2.29 bits per heavy atom. The summed E-state index contributed by atoms with van der Waals surface area (Å²) in [7, 11) is 3.07. The van der Waals surface area contributed by atoms with Crippen molar-refractivity contribution >= 4 is 0 Å². The van der Waals surface area contributed by atoms with Gasteiger partial charge in [-0.25, -0.2) is 0 Å². The average molecular weight is 238 g/mol. The van der Waals surface area contributed by atoms with E-state index in [1.165, 1.54) is 14.2 Å². The highest BCUT2D eigenvalue weighted by Gasteiger charge is 2.19. The lowest BCUT2D eigenvalue weighted by Crippen LogP contribution is -2.42. The third-order valence-corrected chi connectivity index (χ3v) is 2.95. The molecule has 0 bridgehead atoms. The van der Waals surface area contributed by atoms with Crippen LogP contribution in [0.3, 0.4) is 0 Å². The molecule has 0 aliphatic carbocycles. The molecule has 1 aliphatic heterocycles. The van der Waals surface area contributed by atoms with Crippen LogP contribution in [0.2, 0.25) is 0 Å². The van der Waals surface area contributed by atoms with Gasteiger partial charge in [-0.1, -0.05) is 0 Å². The molecule has 5 heteroatoms. The van der Waals surface area contributed by atoms with Gasteiger partial charge in [0.05, 0.1) is 14.2 Å². The Morgan fingerprint density at radius 2 is 1.82 bits per heavy atom. The van der Waals surface area contributed by atoms with E-state index < -0.39 is 0 Å². The molecule has 1 atom stereocenters. The van der Waals surface area contributed by atoms with Crippen LogP contribution in [0, 0.1) is 0 Å². The van der Waals surface area contributed by atoms with E-state index in [2.05, 4.69) is 10.6 Å². The first-order chi connectivity index (χ1) is 8.26. The van der Waals surface area contributed by atoms with Gasteiger partial charge in [-0.2, -0.15) is 0 Å². The molecule has 0 amide bonds. The van der Waals surface area contributed by atoms with Crippen LogP contribution in [-0.4, -0.2) is 39.0 Å². The molecular weight excluding hydrogens is 220 g/mol. The Bertz CT molecular complexity index is 364. The van der Waals surface area contributed by atoms with Crippen molar-refractivity contribution in [1.29, 1.82) is 0 Å². The second-order valence-electron chi connectivity index (χ2n) is 3.98. The summed E-state index contributed by atoms with van der Waals surface area (Å²) >= 11 is 0. The summed E-state index contributed by atoms with van der Waals surface area (Å²) in [4.78, 5) is 0.